The van der Waals surface area contributed by atoms with Crippen LogP contribution in [0, 0.1) is 0 Å². The third-order valence-electron chi connectivity index (χ3n) is 3.20. The van der Waals surface area contributed by atoms with E-state index in [1.165, 1.54) is 18.2 Å². The highest BCUT2D eigenvalue weighted by Gasteiger charge is 2.18. The maximum atomic E-state index is 11.1. The number of hydrogen-bond acceptors (Lipinski definition) is 2. The highest BCUT2D eigenvalue weighted by atomic mass is 16.5. The fraction of sp³-hybridized carbons (Fsp3) is 0.471. The first-order valence-corrected chi connectivity index (χ1v) is 6.70. The zero-order valence-corrected chi connectivity index (χ0v) is 12.5. The summed E-state index contributed by atoms with van der Waals surface area (Å²) in [7, 11) is 1.42. The molecule has 0 unspecified atom stereocenters. The molecule has 0 aliphatic carbocycles. The van der Waals surface area contributed by atoms with Gasteiger partial charge in [-0.05, 0) is 35.0 Å². The Hall–Kier alpha value is -1.57. The Labute approximate surface area is 116 Å². The van der Waals surface area contributed by atoms with Crippen LogP contribution in [0.1, 0.15) is 51.2 Å². The third kappa shape index (κ3) is 4.55. The van der Waals surface area contributed by atoms with Crippen LogP contribution >= 0.6 is 0 Å². The van der Waals surface area contributed by atoms with E-state index in [4.69, 9.17) is 0 Å². The Morgan fingerprint density at radius 1 is 1.21 bits per heavy atom. The molecule has 0 aromatic heterocycles. The van der Waals surface area contributed by atoms with E-state index < -0.39 is 0 Å². The number of carbonyl (C=O) groups excluding carboxylic acids is 1. The second-order valence-electron chi connectivity index (χ2n) is 5.83. The Kier molecular flexibility index (Phi) is 5.34. The molecule has 1 aromatic rings. The number of ether oxygens (including phenoxy) is 1. The summed E-state index contributed by atoms with van der Waals surface area (Å²) in [5, 5.41) is 0. The number of benzene rings is 1. The largest absolute Gasteiger partial charge is 0.469 e. The molecule has 0 amide bonds. The van der Waals surface area contributed by atoms with Gasteiger partial charge in [-0.2, -0.15) is 0 Å². The molecule has 0 aliphatic rings. The van der Waals surface area contributed by atoms with Crippen LogP contribution in [0.2, 0.25) is 0 Å². The minimum Gasteiger partial charge on any atom is -0.469 e. The fourth-order valence-electron chi connectivity index (χ4n) is 2.13. The van der Waals surface area contributed by atoms with Gasteiger partial charge in [0.05, 0.1) is 7.11 Å². The van der Waals surface area contributed by atoms with Crippen molar-refractivity contribution >= 4 is 11.5 Å². The second kappa shape index (κ2) is 6.55. The first-order chi connectivity index (χ1) is 8.86. The van der Waals surface area contributed by atoms with E-state index in [2.05, 4.69) is 50.3 Å². The van der Waals surface area contributed by atoms with E-state index in [1.807, 2.05) is 6.07 Å². The van der Waals surface area contributed by atoms with Crippen molar-refractivity contribution in [1.82, 2.24) is 0 Å². The zero-order valence-electron chi connectivity index (χ0n) is 12.5. The highest BCUT2D eigenvalue weighted by Crippen LogP contribution is 2.31. The van der Waals surface area contributed by atoms with Gasteiger partial charge in [-0.1, -0.05) is 51.6 Å². The summed E-state index contributed by atoms with van der Waals surface area (Å²) in [5.41, 5.74) is 3.70. The van der Waals surface area contributed by atoms with Gasteiger partial charge in [-0.15, -0.1) is 0 Å². The molecular weight excluding hydrogens is 236 g/mol. The van der Waals surface area contributed by atoms with Gasteiger partial charge in [0.2, 0.25) is 0 Å². The summed E-state index contributed by atoms with van der Waals surface area (Å²) >= 11 is 0. The Morgan fingerprint density at radius 2 is 1.84 bits per heavy atom. The van der Waals surface area contributed by atoms with Gasteiger partial charge in [-0.25, -0.2) is 0 Å². The van der Waals surface area contributed by atoms with E-state index >= 15 is 0 Å². The number of rotatable bonds is 5. The van der Waals surface area contributed by atoms with Gasteiger partial charge < -0.3 is 4.74 Å². The maximum absolute atomic E-state index is 11.1. The molecule has 0 fully saturated rings. The van der Waals surface area contributed by atoms with Crippen molar-refractivity contribution in [3.05, 3.63) is 42.0 Å². The van der Waals surface area contributed by atoms with Crippen LogP contribution in [-0.2, 0) is 14.9 Å². The van der Waals surface area contributed by atoms with Gasteiger partial charge in [0.1, 0.15) is 0 Å². The maximum Gasteiger partial charge on any atom is 0.305 e. The summed E-state index contributed by atoms with van der Waals surface area (Å²) < 4.78 is 4.65. The summed E-state index contributed by atoms with van der Waals surface area (Å²) in [5.74, 6) is -0.156. The lowest BCUT2D eigenvalue weighted by Crippen LogP contribution is -2.13. The van der Waals surface area contributed by atoms with E-state index in [-0.39, 0.29) is 11.4 Å². The highest BCUT2D eigenvalue weighted by molar-refractivity contribution is 5.70. The zero-order chi connectivity index (χ0) is 14.5. The molecule has 0 atom stereocenters. The van der Waals surface area contributed by atoms with Crippen molar-refractivity contribution in [2.45, 2.75) is 45.4 Å². The standard InChI is InChI=1S/C17H24O2/c1-13(9-8-12-16(18)19-5)14-10-6-7-11-15(14)17(2,3)4/h6-7,10-11H,1,8-9,12H2,2-5H3. The van der Waals surface area contributed by atoms with Crippen molar-refractivity contribution in [1.29, 1.82) is 0 Å². The molecule has 0 N–H and O–H groups in total. The molecule has 0 spiro atoms. The predicted octanol–water partition coefficient (Wildman–Crippen LogP) is 4.34. The average molecular weight is 260 g/mol. The smallest absolute Gasteiger partial charge is 0.305 e. The summed E-state index contributed by atoms with van der Waals surface area (Å²) in [6.07, 6.45) is 2.05. The van der Waals surface area contributed by atoms with Gasteiger partial charge in [0.25, 0.3) is 0 Å². The lowest BCUT2D eigenvalue weighted by molar-refractivity contribution is -0.140. The fourth-order valence-corrected chi connectivity index (χ4v) is 2.13. The minimum atomic E-state index is -0.156. The van der Waals surface area contributed by atoms with Crippen molar-refractivity contribution in [2.75, 3.05) is 7.11 Å². The van der Waals surface area contributed by atoms with Crippen molar-refractivity contribution in [3.63, 3.8) is 0 Å². The van der Waals surface area contributed by atoms with E-state index in [1.54, 1.807) is 0 Å². The van der Waals surface area contributed by atoms with Gasteiger partial charge in [-0.3, -0.25) is 4.79 Å². The van der Waals surface area contributed by atoms with Crippen molar-refractivity contribution in [2.24, 2.45) is 0 Å². The lowest BCUT2D eigenvalue weighted by Gasteiger charge is -2.23. The number of esters is 1. The molecule has 0 saturated carbocycles. The molecule has 0 saturated heterocycles. The lowest BCUT2D eigenvalue weighted by atomic mass is 9.81. The number of hydrogen-bond donors (Lipinski definition) is 0. The molecule has 2 heteroatoms. The quantitative estimate of drug-likeness (QED) is 0.736. The van der Waals surface area contributed by atoms with Gasteiger partial charge >= 0.3 is 5.97 Å². The molecule has 1 aromatic carbocycles. The molecule has 0 aliphatic heterocycles. The molecule has 2 nitrogen and oxygen atoms in total. The molecule has 0 heterocycles. The summed E-state index contributed by atoms with van der Waals surface area (Å²) in [6.45, 7) is 10.8. The molecule has 19 heavy (non-hydrogen) atoms. The molecule has 104 valence electrons. The van der Waals surface area contributed by atoms with Crippen LogP contribution in [0.3, 0.4) is 0 Å². The van der Waals surface area contributed by atoms with E-state index in [0.29, 0.717) is 6.42 Å². The first kappa shape index (κ1) is 15.5. The van der Waals surface area contributed by atoms with Crippen molar-refractivity contribution < 1.29 is 9.53 Å². The van der Waals surface area contributed by atoms with Crippen LogP contribution in [0.5, 0.6) is 0 Å². The predicted molar refractivity (Wildman–Crippen MR) is 80.0 cm³/mol. The monoisotopic (exact) mass is 260 g/mol. The number of carbonyl (C=O) groups is 1. The SMILES string of the molecule is C=C(CCCC(=O)OC)c1ccccc1C(C)(C)C. The normalized spacial score (nSPS) is 11.2. The number of allylic oxidation sites excluding steroid dienone is 1. The minimum absolute atomic E-state index is 0.0991. The average Bonchev–Trinajstić information content (AvgIpc) is 2.37. The summed E-state index contributed by atoms with van der Waals surface area (Å²) in [6, 6.07) is 8.36. The topological polar surface area (TPSA) is 26.3 Å². The Morgan fingerprint density at radius 3 is 2.42 bits per heavy atom. The van der Waals surface area contributed by atoms with Crippen LogP contribution in [-0.4, -0.2) is 13.1 Å². The van der Waals surface area contributed by atoms with Crippen LogP contribution < -0.4 is 0 Å². The molecule has 0 radical (unpaired) electrons. The third-order valence-corrected chi connectivity index (χ3v) is 3.20. The Bertz CT molecular complexity index is 453. The van der Waals surface area contributed by atoms with Gasteiger partial charge in [0, 0.05) is 6.42 Å². The summed E-state index contributed by atoms with van der Waals surface area (Å²) in [4.78, 5) is 11.1. The van der Waals surface area contributed by atoms with Crippen LogP contribution in [0.4, 0.5) is 0 Å². The van der Waals surface area contributed by atoms with E-state index in [9.17, 15) is 4.79 Å². The van der Waals surface area contributed by atoms with Crippen LogP contribution in [0.25, 0.3) is 5.57 Å². The molecule has 0 bridgehead atoms. The van der Waals surface area contributed by atoms with Crippen LogP contribution in [0.15, 0.2) is 30.8 Å². The molecule has 1 rings (SSSR count). The number of methoxy groups -OCH3 is 1. The van der Waals surface area contributed by atoms with Gasteiger partial charge in [0.15, 0.2) is 0 Å². The molecular formula is C17H24O2. The second-order valence-corrected chi connectivity index (χ2v) is 5.83. The van der Waals surface area contributed by atoms with E-state index in [0.717, 1.165) is 18.4 Å². The Balaban J connectivity index is 2.75. The van der Waals surface area contributed by atoms with Crippen molar-refractivity contribution in [3.8, 4) is 0 Å². The first-order valence-electron chi connectivity index (χ1n) is 6.70.